The third kappa shape index (κ3) is 4.77. The smallest absolute Gasteiger partial charge is 0.157 e. The predicted octanol–water partition coefficient (Wildman–Crippen LogP) is 3.80. The largest absolute Gasteiger partial charge is 0.497 e. The monoisotopic (exact) mass is 295 g/mol. The molecule has 0 heterocycles. The number of para-hydroxylation sites is 1. The van der Waals surface area contributed by atoms with Crippen molar-refractivity contribution in [2.24, 2.45) is 0 Å². The number of ether oxygens (including phenoxy) is 1. The van der Waals surface area contributed by atoms with E-state index in [9.17, 15) is 4.79 Å². The van der Waals surface area contributed by atoms with Crippen molar-refractivity contribution >= 4 is 17.5 Å². The summed E-state index contributed by atoms with van der Waals surface area (Å²) in [5.41, 5.74) is 2.11. The van der Waals surface area contributed by atoms with Crippen molar-refractivity contribution in [1.29, 1.82) is 0 Å². The van der Waals surface area contributed by atoms with Gasteiger partial charge in [0.05, 0.1) is 7.11 Å². The number of benzene rings is 2. The third-order valence-electron chi connectivity index (χ3n) is 3.47. The van der Waals surface area contributed by atoms with Crippen molar-refractivity contribution in [2.45, 2.75) is 6.42 Å². The molecule has 0 atom stereocenters. The molecule has 0 saturated heterocycles. The molecule has 22 heavy (non-hydrogen) atoms. The zero-order valence-corrected chi connectivity index (χ0v) is 13.0. The highest BCUT2D eigenvalue weighted by Crippen LogP contribution is 2.13. The summed E-state index contributed by atoms with van der Waals surface area (Å²) in [6, 6.07) is 17.7. The van der Waals surface area contributed by atoms with E-state index in [1.807, 2.05) is 67.7 Å². The van der Waals surface area contributed by atoms with E-state index in [2.05, 4.69) is 4.90 Å². The maximum Gasteiger partial charge on any atom is 0.157 e. The van der Waals surface area contributed by atoms with E-state index in [0.717, 1.165) is 17.0 Å². The first kappa shape index (κ1) is 15.8. The number of nitrogens with zero attached hydrogens (tertiary/aromatic N) is 1. The number of rotatable bonds is 7. The van der Waals surface area contributed by atoms with Crippen molar-refractivity contribution in [2.75, 3.05) is 25.6 Å². The van der Waals surface area contributed by atoms with Crippen LogP contribution in [0.15, 0.2) is 60.7 Å². The first-order valence-corrected chi connectivity index (χ1v) is 7.30. The lowest BCUT2D eigenvalue weighted by molar-refractivity contribution is -0.114. The van der Waals surface area contributed by atoms with Gasteiger partial charge in [-0.25, -0.2) is 0 Å². The summed E-state index contributed by atoms with van der Waals surface area (Å²) in [6.45, 7) is 0.704. The minimum absolute atomic E-state index is 0.124. The van der Waals surface area contributed by atoms with Crippen LogP contribution in [0, 0.1) is 0 Å². The van der Waals surface area contributed by atoms with Gasteiger partial charge in [0.15, 0.2) is 5.78 Å². The molecule has 114 valence electrons. The van der Waals surface area contributed by atoms with Crippen LogP contribution in [0.5, 0.6) is 5.75 Å². The van der Waals surface area contributed by atoms with E-state index in [4.69, 9.17) is 4.74 Å². The highest BCUT2D eigenvalue weighted by Gasteiger charge is 2.02. The molecule has 2 aromatic rings. The van der Waals surface area contributed by atoms with Crippen molar-refractivity contribution < 1.29 is 9.53 Å². The molecule has 2 aromatic carbocycles. The molecule has 0 saturated carbocycles. The van der Waals surface area contributed by atoms with Crippen LogP contribution in [-0.2, 0) is 4.79 Å². The lowest BCUT2D eigenvalue weighted by Gasteiger charge is -2.18. The van der Waals surface area contributed by atoms with Gasteiger partial charge in [0.2, 0.25) is 0 Å². The van der Waals surface area contributed by atoms with Gasteiger partial charge in [-0.15, -0.1) is 0 Å². The Morgan fingerprint density at radius 2 is 1.77 bits per heavy atom. The second-order valence-corrected chi connectivity index (χ2v) is 5.08. The Morgan fingerprint density at radius 1 is 1.09 bits per heavy atom. The summed E-state index contributed by atoms with van der Waals surface area (Å²) < 4.78 is 5.11. The van der Waals surface area contributed by atoms with Gasteiger partial charge in [0.1, 0.15) is 5.75 Å². The zero-order valence-electron chi connectivity index (χ0n) is 13.0. The third-order valence-corrected chi connectivity index (χ3v) is 3.47. The van der Waals surface area contributed by atoms with Crippen LogP contribution in [0.1, 0.15) is 12.0 Å². The molecule has 0 spiro atoms. The normalized spacial score (nSPS) is 10.6. The molecule has 0 aromatic heterocycles. The maximum atomic E-state index is 11.9. The van der Waals surface area contributed by atoms with Gasteiger partial charge in [-0.2, -0.15) is 0 Å². The highest BCUT2D eigenvalue weighted by molar-refractivity contribution is 5.93. The van der Waals surface area contributed by atoms with Gasteiger partial charge in [-0.05, 0) is 35.9 Å². The molecule has 0 unspecified atom stereocenters. The Morgan fingerprint density at radius 3 is 2.41 bits per heavy atom. The van der Waals surface area contributed by atoms with Crippen LogP contribution in [0.4, 0.5) is 5.69 Å². The fourth-order valence-corrected chi connectivity index (χ4v) is 2.08. The lowest BCUT2D eigenvalue weighted by Crippen LogP contribution is -2.20. The van der Waals surface area contributed by atoms with E-state index >= 15 is 0 Å². The molecule has 0 N–H and O–H groups in total. The SMILES string of the molecule is COc1ccc(/C=C/C(=O)CCN(C)c2ccccc2)cc1. The van der Waals surface area contributed by atoms with Gasteiger partial charge in [-0.1, -0.05) is 36.4 Å². The average Bonchev–Trinajstić information content (AvgIpc) is 2.59. The quantitative estimate of drug-likeness (QED) is 0.728. The number of hydrogen-bond donors (Lipinski definition) is 0. The Labute approximate surface area is 131 Å². The van der Waals surface area contributed by atoms with Crippen LogP contribution >= 0.6 is 0 Å². The molecule has 0 aliphatic rings. The van der Waals surface area contributed by atoms with E-state index < -0.39 is 0 Å². The summed E-state index contributed by atoms with van der Waals surface area (Å²) in [4.78, 5) is 14.0. The Hall–Kier alpha value is -2.55. The lowest BCUT2D eigenvalue weighted by atomic mass is 10.1. The first-order chi connectivity index (χ1) is 10.7. The van der Waals surface area contributed by atoms with Crippen LogP contribution in [0.2, 0.25) is 0 Å². The van der Waals surface area contributed by atoms with E-state index in [1.165, 1.54) is 0 Å². The molecule has 3 heteroatoms. The molecule has 3 nitrogen and oxygen atoms in total. The molecule has 0 aliphatic heterocycles. The Bertz CT molecular complexity index is 618. The number of carbonyl (C=O) groups is 1. The number of ketones is 1. The highest BCUT2D eigenvalue weighted by atomic mass is 16.5. The van der Waals surface area contributed by atoms with Crippen molar-refractivity contribution in [3.63, 3.8) is 0 Å². The van der Waals surface area contributed by atoms with E-state index in [1.54, 1.807) is 13.2 Å². The van der Waals surface area contributed by atoms with E-state index in [0.29, 0.717) is 13.0 Å². The van der Waals surface area contributed by atoms with Gasteiger partial charge < -0.3 is 9.64 Å². The van der Waals surface area contributed by atoms with Crippen LogP contribution in [0.25, 0.3) is 6.08 Å². The molecular formula is C19H21NO2. The summed E-state index contributed by atoms with van der Waals surface area (Å²) in [5, 5.41) is 0. The van der Waals surface area contributed by atoms with Gasteiger partial charge in [0.25, 0.3) is 0 Å². The topological polar surface area (TPSA) is 29.5 Å². The molecule has 2 rings (SSSR count). The van der Waals surface area contributed by atoms with E-state index in [-0.39, 0.29) is 5.78 Å². The number of methoxy groups -OCH3 is 1. The minimum atomic E-state index is 0.124. The second kappa shape index (κ2) is 8.03. The van der Waals surface area contributed by atoms with Gasteiger partial charge in [-0.3, -0.25) is 4.79 Å². The van der Waals surface area contributed by atoms with Crippen molar-refractivity contribution in [3.05, 3.63) is 66.2 Å². The fourth-order valence-electron chi connectivity index (χ4n) is 2.08. The Kier molecular flexibility index (Phi) is 5.78. The van der Waals surface area contributed by atoms with Crippen molar-refractivity contribution in [3.8, 4) is 5.75 Å². The summed E-state index contributed by atoms with van der Waals surface area (Å²) >= 11 is 0. The average molecular weight is 295 g/mol. The van der Waals surface area contributed by atoms with Crippen LogP contribution < -0.4 is 9.64 Å². The minimum Gasteiger partial charge on any atom is -0.497 e. The standard InChI is InChI=1S/C19H21NO2/c1-20(17-6-4-3-5-7-17)15-14-18(21)11-8-16-9-12-19(22-2)13-10-16/h3-13H,14-15H2,1-2H3/b11-8+. The van der Waals surface area contributed by atoms with Crippen LogP contribution in [-0.4, -0.2) is 26.5 Å². The van der Waals surface area contributed by atoms with Gasteiger partial charge in [0, 0.05) is 25.7 Å². The number of anilines is 1. The molecule has 0 fully saturated rings. The fraction of sp³-hybridized carbons (Fsp3) is 0.211. The first-order valence-electron chi connectivity index (χ1n) is 7.30. The maximum absolute atomic E-state index is 11.9. The van der Waals surface area contributed by atoms with Crippen molar-refractivity contribution in [1.82, 2.24) is 0 Å². The molecule has 0 aliphatic carbocycles. The number of allylic oxidation sites excluding steroid dienone is 1. The van der Waals surface area contributed by atoms with Crippen LogP contribution in [0.3, 0.4) is 0 Å². The molecule has 0 bridgehead atoms. The predicted molar refractivity (Wildman–Crippen MR) is 91.4 cm³/mol. The summed E-state index contributed by atoms with van der Waals surface area (Å²) in [6.07, 6.45) is 3.98. The number of hydrogen-bond acceptors (Lipinski definition) is 3. The Balaban J connectivity index is 1.83. The summed E-state index contributed by atoms with van der Waals surface area (Å²) in [5.74, 6) is 0.937. The molecule has 0 radical (unpaired) electrons. The molecular weight excluding hydrogens is 274 g/mol. The van der Waals surface area contributed by atoms with Gasteiger partial charge >= 0.3 is 0 Å². The zero-order chi connectivity index (χ0) is 15.8. The molecule has 0 amide bonds. The summed E-state index contributed by atoms with van der Waals surface area (Å²) in [7, 11) is 3.63. The second-order valence-electron chi connectivity index (χ2n) is 5.08. The number of carbonyl (C=O) groups excluding carboxylic acids is 1.